The predicted octanol–water partition coefficient (Wildman–Crippen LogP) is 3.12. The second kappa shape index (κ2) is 7.45. The van der Waals surface area contributed by atoms with E-state index in [1.807, 2.05) is 31.2 Å². The van der Waals surface area contributed by atoms with Gasteiger partial charge in [-0.15, -0.1) is 0 Å². The lowest BCUT2D eigenvalue weighted by atomic mass is 10.1. The summed E-state index contributed by atoms with van der Waals surface area (Å²) in [6, 6.07) is 10.9. The van der Waals surface area contributed by atoms with Crippen LogP contribution in [0.25, 0.3) is 11.4 Å². The average molecular weight is 355 g/mol. The zero-order valence-electron chi connectivity index (χ0n) is 15.1. The van der Waals surface area contributed by atoms with E-state index in [1.54, 1.807) is 33.5 Å². The Kier molecular flexibility index (Phi) is 5.09. The van der Waals surface area contributed by atoms with Gasteiger partial charge in [-0.05, 0) is 24.6 Å². The topological polar surface area (TPSA) is 92.6 Å². The zero-order chi connectivity index (χ0) is 18.7. The molecule has 1 heterocycles. The third-order valence-corrected chi connectivity index (χ3v) is 4.07. The van der Waals surface area contributed by atoms with Gasteiger partial charge in [0, 0.05) is 5.56 Å². The molecule has 0 aliphatic heterocycles. The van der Waals surface area contributed by atoms with Crippen LogP contribution < -0.4 is 19.9 Å². The fourth-order valence-corrected chi connectivity index (χ4v) is 2.61. The highest BCUT2D eigenvalue weighted by molar-refractivity contribution is 5.66. The van der Waals surface area contributed by atoms with Crippen LogP contribution >= 0.6 is 0 Å². The molecule has 0 aliphatic carbocycles. The molecule has 3 aromatic rings. The molecule has 2 aromatic carbocycles. The van der Waals surface area contributed by atoms with Crippen molar-refractivity contribution in [1.82, 2.24) is 10.1 Å². The molecular weight excluding hydrogens is 334 g/mol. The van der Waals surface area contributed by atoms with Crippen LogP contribution in [0.15, 0.2) is 40.9 Å². The Morgan fingerprint density at radius 2 is 1.58 bits per heavy atom. The van der Waals surface area contributed by atoms with Crippen LogP contribution in [0.5, 0.6) is 17.2 Å². The molecule has 1 aromatic heterocycles. The Morgan fingerprint density at radius 1 is 0.962 bits per heavy atom. The number of nitrogens with zero attached hydrogens (tertiary/aromatic N) is 2. The molecule has 0 saturated heterocycles. The van der Waals surface area contributed by atoms with E-state index < -0.39 is 6.04 Å². The summed E-state index contributed by atoms with van der Waals surface area (Å²) >= 11 is 0. The van der Waals surface area contributed by atoms with Gasteiger partial charge in [-0.3, -0.25) is 0 Å². The van der Waals surface area contributed by atoms with Gasteiger partial charge in [0.2, 0.25) is 17.5 Å². The molecule has 136 valence electrons. The van der Waals surface area contributed by atoms with Gasteiger partial charge in [0.25, 0.3) is 0 Å². The Balaban J connectivity index is 1.95. The minimum absolute atomic E-state index is 0.331. The predicted molar refractivity (Wildman–Crippen MR) is 96.6 cm³/mol. The number of ether oxygens (including phenoxy) is 3. The zero-order valence-corrected chi connectivity index (χ0v) is 15.1. The van der Waals surface area contributed by atoms with Gasteiger partial charge in [-0.25, -0.2) is 0 Å². The number of hydrogen-bond donors (Lipinski definition) is 1. The van der Waals surface area contributed by atoms with Crippen molar-refractivity contribution in [3.8, 4) is 28.6 Å². The normalized spacial score (nSPS) is 11.9. The first kappa shape index (κ1) is 17.8. The monoisotopic (exact) mass is 355 g/mol. The summed E-state index contributed by atoms with van der Waals surface area (Å²) in [5, 5.41) is 4.04. The van der Waals surface area contributed by atoms with Crippen molar-refractivity contribution in [1.29, 1.82) is 0 Å². The number of benzene rings is 2. The van der Waals surface area contributed by atoms with Crippen molar-refractivity contribution in [2.24, 2.45) is 5.73 Å². The Bertz CT molecular complexity index is 865. The maximum atomic E-state index is 6.25. The van der Waals surface area contributed by atoms with Gasteiger partial charge >= 0.3 is 0 Å². The minimum atomic E-state index is -0.501. The number of hydrogen-bond acceptors (Lipinski definition) is 7. The third kappa shape index (κ3) is 3.34. The second-order valence-electron chi connectivity index (χ2n) is 5.76. The largest absolute Gasteiger partial charge is 0.493 e. The van der Waals surface area contributed by atoms with E-state index in [2.05, 4.69) is 10.1 Å². The van der Waals surface area contributed by atoms with E-state index in [-0.39, 0.29) is 0 Å². The van der Waals surface area contributed by atoms with Crippen LogP contribution in [-0.2, 0) is 0 Å². The molecule has 0 spiro atoms. The number of rotatable bonds is 6. The molecule has 0 amide bonds. The molecule has 0 saturated carbocycles. The highest BCUT2D eigenvalue weighted by atomic mass is 16.5. The first-order valence-corrected chi connectivity index (χ1v) is 8.03. The molecule has 1 unspecified atom stereocenters. The lowest BCUT2D eigenvalue weighted by Crippen LogP contribution is -2.12. The fourth-order valence-electron chi connectivity index (χ4n) is 2.61. The fraction of sp³-hybridized carbons (Fsp3) is 0.263. The maximum Gasteiger partial charge on any atom is 0.248 e. The van der Waals surface area contributed by atoms with E-state index in [0.717, 1.165) is 11.1 Å². The molecule has 3 rings (SSSR count). The molecule has 0 aliphatic rings. The highest BCUT2D eigenvalue weighted by Gasteiger charge is 2.20. The summed E-state index contributed by atoms with van der Waals surface area (Å²) in [5.74, 6) is 2.24. The Labute approximate surface area is 151 Å². The van der Waals surface area contributed by atoms with E-state index >= 15 is 0 Å². The molecule has 2 N–H and O–H groups in total. The molecule has 1 atom stereocenters. The van der Waals surface area contributed by atoms with E-state index in [0.29, 0.717) is 34.5 Å². The van der Waals surface area contributed by atoms with Gasteiger partial charge in [-0.2, -0.15) is 4.98 Å². The summed E-state index contributed by atoms with van der Waals surface area (Å²) in [4.78, 5) is 4.43. The van der Waals surface area contributed by atoms with Crippen molar-refractivity contribution < 1.29 is 18.7 Å². The molecule has 0 radical (unpaired) electrons. The summed E-state index contributed by atoms with van der Waals surface area (Å²) in [5.41, 5.74) is 8.98. The van der Waals surface area contributed by atoms with E-state index in [4.69, 9.17) is 24.5 Å². The van der Waals surface area contributed by atoms with Crippen LogP contribution in [0.1, 0.15) is 23.1 Å². The van der Waals surface area contributed by atoms with Gasteiger partial charge in [0.15, 0.2) is 11.5 Å². The number of aryl methyl sites for hydroxylation is 1. The van der Waals surface area contributed by atoms with Gasteiger partial charge < -0.3 is 24.5 Å². The quantitative estimate of drug-likeness (QED) is 0.726. The molecule has 0 fully saturated rings. The molecular formula is C19H21N3O4. The average Bonchev–Trinajstić information content (AvgIpc) is 3.17. The van der Waals surface area contributed by atoms with Crippen molar-refractivity contribution in [2.75, 3.05) is 21.3 Å². The Hall–Kier alpha value is -3.06. The lowest BCUT2D eigenvalue weighted by Gasteiger charge is -2.12. The Morgan fingerprint density at radius 3 is 2.12 bits per heavy atom. The van der Waals surface area contributed by atoms with Crippen molar-refractivity contribution in [3.63, 3.8) is 0 Å². The van der Waals surface area contributed by atoms with Gasteiger partial charge in [0.1, 0.15) is 6.04 Å². The summed E-state index contributed by atoms with van der Waals surface area (Å²) in [6.45, 7) is 2.02. The van der Waals surface area contributed by atoms with E-state index in [9.17, 15) is 0 Å². The van der Waals surface area contributed by atoms with Crippen molar-refractivity contribution in [2.45, 2.75) is 13.0 Å². The standard InChI is InChI=1S/C19H21N3O4/c1-11-5-7-12(8-6-11)16(20)19-21-18(22-26-19)13-9-14(23-2)17(25-4)15(10-13)24-3/h5-10,16H,20H2,1-4H3. The molecule has 0 bridgehead atoms. The number of methoxy groups -OCH3 is 3. The van der Waals surface area contributed by atoms with Gasteiger partial charge in [-0.1, -0.05) is 35.0 Å². The van der Waals surface area contributed by atoms with Crippen molar-refractivity contribution >= 4 is 0 Å². The first-order chi connectivity index (χ1) is 12.6. The van der Waals surface area contributed by atoms with Crippen LogP contribution in [0.3, 0.4) is 0 Å². The van der Waals surface area contributed by atoms with Crippen LogP contribution in [-0.4, -0.2) is 31.5 Å². The first-order valence-electron chi connectivity index (χ1n) is 8.03. The summed E-state index contributed by atoms with van der Waals surface area (Å²) in [7, 11) is 4.65. The number of nitrogens with two attached hydrogens (primary N) is 1. The molecule has 7 nitrogen and oxygen atoms in total. The molecule has 26 heavy (non-hydrogen) atoms. The SMILES string of the molecule is COc1cc(-c2noc(C(N)c3ccc(C)cc3)n2)cc(OC)c1OC. The van der Waals surface area contributed by atoms with E-state index in [1.165, 1.54) is 0 Å². The smallest absolute Gasteiger partial charge is 0.248 e. The maximum absolute atomic E-state index is 6.25. The van der Waals surface area contributed by atoms with Crippen LogP contribution in [0.2, 0.25) is 0 Å². The van der Waals surface area contributed by atoms with Crippen LogP contribution in [0.4, 0.5) is 0 Å². The third-order valence-electron chi connectivity index (χ3n) is 4.07. The summed E-state index contributed by atoms with van der Waals surface area (Å²) in [6.07, 6.45) is 0. The van der Waals surface area contributed by atoms with Crippen molar-refractivity contribution in [3.05, 3.63) is 53.4 Å². The van der Waals surface area contributed by atoms with Gasteiger partial charge in [0.05, 0.1) is 21.3 Å². The lowest BCUT2D eigenvalue weighted by molar-refractivity contribution is 0.324. The second-order valence-corrected chi connectivity index (χ2v) is 5.76. The minimum Gasteiger partial charge on any atom is -0.493 e. The highest BCUT2D eigenvalue weighted by Crippen LogP contribution is 2.40. The number of aromatic nitrogens is 2. The summed E-state index contributed by atoms with van der Waals surface area (Å²) < 4.78 is 21.4. The molecule has 7 heteroatoms. The van der Waals surface area contributed by atoms with Crippen LogP contribution in [0, 0.1) is 6.92 Å².